The van der Waals surface area contributed by atoms with Gasteiger partial charge < -0.3 is 4.90 Å². The number of rotatable bonds is 11. The Bertz CT molecular complexity index is 368. The molecule has 0 atom stereocenters. The number of allylic oxidation sites excluding steroid dienone is 4. The maximum Gasteiger partial charge on any atom is 0.222 e. The summed E-state index contributed by atoms with van der Waals surface area (Å²) in [6.45, 7) is 4.53. The minimum atomic E-state index is 0.289. The highest BCUT2D eigenvalue weighted by atomic mass is 16.2. The van der Waals surface area contributed by atoms with Crippen molar-refractivity contribution in [2.45, 2.75) is 64.2 Å². The minimum Gasteiger partial charge on any atom is -0.342 e. The molecule has 1 rings (SSSR count). The zero-order chi connectivity index (χ0) is 15.3. The third-order valence-corrected chi connectivity index (χ3v) is 4.02. The molecule has 0 aromatic rings. The zero-order valence-corrected chi connectivity index (χ0v) is 13.7. The normalized spacial score (nSPS) is 13.9. The Hall–Kier alpha value is -1.31. The lowest BCUT2D eigenvalue weighted by Crippen LogP contribution is -2.28. The number of amides is 1. The fourth-order valence-corrected chi connectivity index (χ4v) is 2.64. The van der Waals surface area contributed by atoms with Crippen LogP contribution in [0.25, 0.3) is 0 Å². The van der Waals surface area contributed by atoms with E-state index in [0.717, 1.165) is 32.2 Å². The minimum absolute atomic E-state index is 0.289. The number of carbonyl (C=O) groups excluding carboxylic acids is 1. The smallest absolute Gasteiger partial charge is 0.222 e. The number of hydrogen-bond acceptors (Lipinski definition) is 1. The van der Waals surface area contributed by atoms with Crippen LogP contribution in [0.4, 0.5) is 0 Å². The van der Waals surface area contributed by atoms with Crippen molar-refractivity contribution in [1.29, 1.82) is 0 Å². The molecule has 0 bridgehead atoms. The van der Waals surface area contributed by atoms with Gasteiger partial charge in [0.2, 0.25) is 5.91 Å². The molecule has 1 aliphatic carbocycles. The summed E-state index contributed by atoms with van der Waals surface area (Å²) in [5, 5.41) is 0. The van der Waals surface area contributed by atoms with Crippen LogP contribution in [-0.2, 0) is 4.79 Å². The third-order valence-electron chi connectivity index (χ3n) is 4.02. The van der Waals surface area contributed by atoms with E-state index in [-0.39, 0.29) is 5.91 Å². The van der Waals surface area contributed by atoms with Crippen molar-refractivity contribution in [3.63, 3.8) is 0 Å². The highest BCUT2D eigenvalue weighted by molar-refractivity contribution is 5.76. The monoisotopic (exact) mass is 289 g/mol. The summed E-state index contributed by atoms with van der Waals surface area (Å²) in [5.41, 5.74) is 1.37. The Kier molecular flexibility index (Phi) is 9.60. The molecule has 1 aliphatic rings. The van der Waals surface area contributed by atoms with Crippen molar-refractivity contribution in [3.05, 3.63) is 36.5 Å². The quantitative estimate of drug-likeness (QED) is 0.386. The molecular weight excluding hydrogens is 258 g/mol. The van der Waals surface area contributed by atoms with Gasteiger partial charge in [0, 0.05) is 20.0 Å². The van der Waals surface area contributed by atoms with Crippen molar-refractivity contribution in [2.24, 2.45) is 0 Å². The molecule has 0 N–H and O–H groups in total. The van der Waals surface area contributed by atoms with Gasteiger partial charge in [-0.1, -0.05) is 55.6 Å². The van der Waals surface area contributed by atoms with E-state index in [9.17, 15) is 4.79 Å². The van der Waals surface area contributed by atoms with Crippen LogP contribution >= 0.6 is 0 Å². The summed E-state index contributed by atoms with van der Waals surface area (Å²) in [4.78, 5) is 13.9. The molecule has 2 heteroatoms. The van der Waals surface area contributed by atoms with Gasteiger partial charge in [-0.25, -0.2) is 0 Å². The van der Waals surface area contributed by atoms with Crippen LogP contribution in [0.15, 0.2) is 36.5 Å². The average Bonchev–Trinajstić information content (AvgIpc) is 2.50. The van der Waals surface area contributed by atoms with E-state index >= 15 is 0 Å². The Labute approximate surface area is 130 Å². The first-order chi connectivity index (χ1) is 10.2. The molecule has 0 saturated carbocycles. The van der Waals surface area contributed by atoms with Crippen molar-refractivity contribution >= 4 is 5.91 Å². The molecule has 0 saturated heterocycles. The van der Waals surface area contributed by atoms with Crippen molar-refractivity contribution in [2.75, 3.05) is 13.6 Å². The molecule has 118 valence electrons. The van der Waals surface area contributed by atoms with E-state index in [4.69, 9.17) is 0 Å². The lowest BCUT2D eigenvalue weighted by atomic mass is 10.0. The zero-order valence-electron chi connectivity index (χ0n) is 13.7. The van der Waals surface area contributed by atoms with Gasteiger partial charge in [0.25, 0.3) is 0 Å². The van der Waals surface area contributed by atoms with Crippen molar-refractivity contribution in [1.82, 2.24) is 4.90 Å². The van der Waals surface area contributed by atoms with Gasteiger partial charge in [-0.3, -0.25) is 4.79 Å². The molecule has 1 amide bonds. The van der Waals surface area contributed by atoms with Crippen molar-refractivity contribution < 1.29 is 4.79 Å². The summed E-state index contributed by atoms with van der Waals surface area (Å²) in [7, 11) is 1.93. The molecule has 0 unspecified atom stereocenters. The molecule has 0 aromatic heterocycles. The van der Waals surface area contributed by atoms with Crippen LogP contribution < -0.4 is 0 Å². The third kappa shape index (κ3) is 8.54. The molecule has 21 heavy (non-hydrogen) atoms. The highest BCUT2D eigenvalue weighted by Crippen LogP contribution is 2.14. The summed E-state index contributed by atoms with van der Waals surface area (Å²) in [5.74, 6) is 0.289. The van der Waals surface area contributed by atoms with E-state index in [2.05, 4.69) is 24.8 Å². The van der Waals surface area contributed by atoms with E-state index in [1.54, 1.807) is 0 Å². The number of hydrogen-bond donors (Lipinski definition) is 0. The van der Waals surface area contributed by atoms with Crippen LogP contribution in [0.2, 0.25) is 0 Å². The topological polar surface area (TPSA) is 20.3 Å². The van der Waals surface area contributed by atoms with E-state index in [0.29, 0.717) is 6.42 Å². The maximum atomic E-state index is 12.1. The number of nitrogens with zero attached hydrogens (tertiary/aromatic N) is 1. The second-order valence-corrected chi connectivity index (χ2v) is 5.99. The number of likely N-dealkylation sites (N-methyl/N-ethyl adjacent to an activating group) is 1. The molecule has 0 radical (unpaired) electrons. The van der Waals surface area contributed by atoms with Crippen LogP contribution in [-0.4, -0.2) is 24.4 Å². The highest BCUT2D eigenvalue weighted by Gasteiger charge is 2.10. The molecule has 2 nitrogen and oxygen atoms in total. The molecule has 0 fully saturated rings. The Morgan fingerprint density at radius 3 is 2.62 bits per heavy atom. The van der Waals surface area contributed by atoms with Gasteiger partial charge in [0.15, 0.2) is 0 Å². The first-order valence-electron chi connectivity index (χ1n) is 8.43. The molecule has 0 aliphatic heterocycles. The average molecular weight is 289 g/mol. The second-order valence-electron chi connectivity index (χ2n) is 5.99. The summed E-state index contributed by atoms with van der Waals surface area (Å²) in [6, 6.07) is 0. The SMILES string of the molecule is C=CCCCCCCCCC(=O)N(C)CC1=CC=CCC1. The lowest BCUT2D eigenvalue weighted by molar-refractivity contribution is -0.129. The largest absolute Gasteiger partial charge is 0.342 e. The molecule has 0 aromatic carbocycles. The Morgan fingerprint density at radius 2 is 1.95 bits per heavy atom. The van der Waals surface area contributed by atoms with Crippen molar-refractivity contribution in [3.8, 4) is 0 Å². The first-order valence-corrected chi connectivity index (χ1v) is 8.43. The van der Waals surface area contributed by atoms with Crippen LogP contribution in [0.1, 0.15) is 64.2 Å². The second kappa shape index (κ2) is 11.4. The standard InChI is InChI=1S/C19H31NO/c1-3-4-5-6-7-8-9-13-16-19(21)20(2)17-18-14-11-10-12-15-18/h3,10-11,14H,1,4-9,12-13,15-17H2,2H3. The van der Waals surface area contributed by atoms with Crippen LogP contribution in [0, 0.1) is 0 Å². The summed E-state index contributed by atoms with van der Waals surface area (Å²) in [6.07, 6.45) is 19.8. The number of carbonyl (C=O) groups is 1. The van der Waals surface area contributed by atoms with Gasteiger partial charge in [0.05, 0.1) is 0 Å². The fourth-order valence-electron chi connectivity index (χ4n) is 2.64. The van der Waals surface area contributed by atoms with Gasteiger partial charge in [-0.15, -0.1) is 6.58 Å². The van der Waals surface area contributed by atoms with Gasteiger partial charge >= 0.3 is 0 Å². The van der Waals surface area contributed by atoms with Gasteiger partial charge in [-0.2, -0.15) is 0 Å². The molecular formula is C19H31NO. The fraction of sp³-hybridized carbons (Fsp3) is 0.632. The Morgan fingerprint density at radius 1 is 1.24 bits per heavy atom. The Balaban J connectivity index is 2.03. The van der Waals surface area contributed by atoms with Crippen LogP contribution in [0.5, 0.6) is 0 Å². The van der Waals surface area contributed by atoms with E-state index < -0.39 is 0 Å². The summed E-state index contributed by atoms with van der Waals surface area (Å²) >= 11 is 0. The number of unbranched alkanes of at least 4 members (excludes halogenated alkanes) is 6. The van der Waals surface area contributed by atoms with Crippen LogP contribution in [0.3, 0.4) is 0 Å². The van der Waals surface area contributed by atoms with Gasteiger partial charge in [-0.05, 0) is 32.1 Å². The summed E-state index contributed by atoms with van der Waals surface area (Å²) < 4.78 is 0. The molecule has 0 heterocycles. The van der Waals surface area contributed by atoms with E-state index in [1.807, 2.05) is 18.0 Å². The predicted molar refractivity (Wildman–Crippen MR) is 91.2 cm³/mol. The lowest BCUT2D eigenvalue weighted by Gasteiger charge is -2.20. The first kappa shape index (κ1) is 17.7. The van der Waals surface area contributed by atoms with Gasteiger partial charge in [0.1, 0.15) is 0 Å². The molecule has 0 spiro atoms. The predicted octanol–water partition coefficient (Wildman–Crippen LogP) is 5.03. The maximum absolute atomic E-state index is 12.1. The van der Waals surface area contributed by atoms with E-state index in [1.165, 1.54) is 37.7 Å².